The predicted molar refractivity (Wildman–Crippen MR) is 77.3 cm³/mol. The van der Waals surface area contributed by atoms with Gasteiger partial charge in [-0.3, -0.25) is 4.79 Å². The number of ether oxygens (including phenoxy) is 2. The van der Waals surface area contributed by atoms with E-state index in [9.17, 15) is 4.79 Å². The molecule has 0 bridgehead atoms. The van der Waals surface area contributed by atoms with Crippen molar-refractivity contribution in [1.29, 1.82) is 0 Å². The van der Waals surface area contributed by atoms with E-state index in [0.29, 0.717) is 5.16 Å². The van der Waals surface area contributed by atoms with Crippen LogP contribution in [0.3, 0.4) is 0 Å². The van der Waals surface area contributed by atoms with Gasteiger partial charge in [0.15, 0.2) is 0 Å². The lowest BCUT2D eigenvalue weighted by Gasteiger charge is -2.04. The number of esters is 1. The van der Waals surface area contributed by atoms with Crippen LogP contribution in [0.2, 0.25) is 0 Å². The van der Waals surface area contributed by atoms with E-state index in [-0.39, 0.29) is 12.5 Å². The summed E-state index contributed by atoms with van der Waals surface area (Å²) in [6.45, 7) is 0.0222. The van der Waals surface area contributed by atoms with Crippen LogP contribution in [0.5, 0.6) is 5.75 Å². The molecule has 0 spiro atoms. The van der Waals surface area contributed by atoms with Crippen molar-refractivity contribution in [3.8, 4) is 5.75 Å². The minimum Gasteiger partial charge on any atom is -0.497 e. The van der Waals surface area contributed by atoms with E-state index in [1.54, 1.807) is 7.11 Å². The van der Waals surface area contributed by atoms with Crippen LogP contribution in [0.4, 0.5) is 0 Å². The predicted octanol–water partition coefficient (Wildman–Crippen LogP) is 1.19. The summed E-state index contributed by atoms with van der Waals surface area (Å²) in [5, 5.41) is 11.9. The minimum atomic E-state index is -0.376. The lowest BCUT2D eigenvalue weighted by Crippen LogP contribution is -2.13. The Bertz CT molecular complexity index is 585. The molecule has 1 heterocycles. The first kappa shape index (κ1) is 15.3. The summed E-state index contributed by atoms with van der Waals surface area (Å²) in [4.78, 5) is 11.2. The number of carbonyl (C=O) groups is 1. The van der Waals surface area contributed by atoms with Crippen molar-refractivity contribution < 1.29 is 14.3 Å². The molecule has 0 saturated carbocycles. The van der Waals surface area contributed by atoms with Crippen molar-refractivity contribution in [2.75, 3.05) is 20.0 Å². The molecule has 0 unspecified atom stereocenters. The summed E-state index contributed by atoms with van der Waals surface area (Å²) >= 11 is 1.50. The Hall–Kier alpha value is -2.09. The van der Waals surface area contributed by atoms with Gasteiger partial charge in [-0.2, -0.15) is 0 Å². The largest absolute Gasteiger partial charge is 0.497 e. The van der Waals surface area contributed by atoms with E-state index in [0.717, 1.165) is 17.9 Å². The monoisotopic (exact) mass is 308 g/mol. The highest BCUT2D eigenvalue weighted by Gasteiger charge is 2.10. The molecule has 0 atom stereocenters. The zero-order chi connectivity index (χ0) is 15.1. The third-order valence-electron chi connectivity index (χ3n) is 2.79. The van der Waals surface area contributed by atoms with Crippen LogP contribution in [0.15, 0.2) is 29.4 Å². The molecular weight excluding hydrogens is 292 g/mol. The number of nitrogens with zero attached hydrogens (tertiary/aromatic N) is 4. The molecule has 0 aliphatic heterocycles. The SMILES string of the molecule is COC(=O)Cn1nnnc1SCCc1ccc(OC)cc1. The highest BCUT2D eigenvalue weighted by atomic mass is 32.2. The summed E-state index contributed by atoms with van der Waals surface area (Å²) in [7, 11) is 2.98. The summed E-state index contributed by atoms with van der Waals surface area (Å²) < 4.78 is 11.1. The van der Waals surface area contributed by atoms with Crippen molar-refractivity contribution in [3.63, 3.8) is 0 Å². The van der Waals surface area contributed by atoms with Gasteiger partial charge in [0.1, 0.15) is 12.3 Å². The first-order chi connectivity index (χ1) is 10.2. The average Bonchev–Trinajstić information content (AvgIpc) is 2.95. The van der Waals surface area contributed by atoms with Crippen molar-refractivity contribution in [3.05, 3.63) is 29.8 Å². The lowest BCUT2D eigenvalue weighted by molar-refractivity contribution is -0.141. The molecule has 0 radical (unpaired) electrons. The zero-order valence-corrected chi connectivity index (χ0v) is 12.7. The molecule has 0 fully saturated rings. The van der Waals surface area contributed by atoms with Gasteiger partial charge in [-0.25, -0.2) is 4.68 Å². The topological polar surface area (TPSA) is 79.1 Å². The van der Waals surface area contributed by atoms with Gasteiger partial charge in [0.05, 0.1) is 14.2 Å². The molecule has 2 aromatic rings. The number of methoxy groups -OCH3 is 2. The molecule has 0 aliphatic carbocycles. The fraction of sp³-hybridized carbons (Fsp3) is 0.385. The number of aromatic nitrogens is 4. The average molecular weight is 308 g/mol. The molecule has 112 valence electrons. The maximum Gasteiger partial charge on any atom is 0.327 e. The fourth-order valence-corrected chi connectivity index (χ4v) is 2.50. The van der Waals surface area contributed by atoms with Crippen LogP contribution < -0.4 is 4.74 Å². The summed E-state index contributed by atoms with van der Waals surface area (Å²) in [6, 6.07) is 7.91. The van der Waals surface area contributed by atoms with Gasteiger partial charge >= 0.3 is 5.97 Å². The number of carbonyl (C=O) groups excluding carboxylic acids is 1. The quantitative estimate of drug-likeness (QED) is 0.561. The highest BCUT2D eigenvalue weighted by molar-refractivity contribution is 7.99. The number of hydrogen-bond donors (Lipinski definition) is 0. The van der Waals surface area contributed by atoms with Crippen LogP contribution in [0, 0.1) is 0 Å². The second-order valence-corrected chi connectivity index (χ2v) is 5.20. The van der Waals surface area contributed by atoms with Gasteiger partial charge in [-0.05, 0) is 34.5 Å². The maximum absolute atomic E-state index is 11.2. The van der Waals surface area contributed by atoms with Crippen LogP contribution >= 0.6 is 11.8 Å². The Kier molecular flexibility index (Phi) is 5.56. The lowest BCUT2D eigenvalue weighted by atomic mass is 10.2. The van der Waals surface area contributed by atoms with Crippen molar-refractivity contribution in [2.45, 2.75) is 18.1 Å². The second kappa shape index (κ2) is 7.63. The van der Waals surface area contributed by atoms with E-state index in [2.05, 4.69) is 20.3 Å². The first-order valence-corrected chi connectivity index (χ1v) is 7.30. The molecule has 8 heteroatoms. The maximum atomic E-state index is 11.2. The van der Waals surface area contributed by atoms with E-state index in [1.165, 1.54) is 29.1 Å². The Balaban J connectivity index is 1.85. The smallest absolute Gasteiger partial charge is 0.327 e. The van der Waals surface area contributed by atoms with Crippen molar-refractivity contribution >= 4 is 17.7 Å². The van der Waals surface area contributed by atoms with Crippen molar-refractivity contribution in [1.82, 2.24) is 20.2 Å². The Morgan fingerprint density at radius 2 is 2.05 bits per heavy atom. The molecular formula is C13H16N4O3S. The van der Waals surface area contributed by atoms with Gasteiger partial charge < -0.3 is 9.47 Å². The number of aryl methyl sites for hydroxylation is 1. The summed E-state index contributed by atoms with van der Waals surface area (Å²) in [5.74, 6) is 1.28. The van der Waals surface area contributed by atoms with Gasteiger partial charge in [0.25, 0.3) is 0 Å². The molecule has 2 rings (SSSR count). The Morgan fingerprint density at radius 3 is 2.71 bits per heavy atom. The minimum absolute atomic E-state index is 0.0222. The molecule has 21 heavy (non-hydrogen) atoms. The summed E-state index contributed by atoms with van der Waals surface area (Å²) in [5.41, 5.74) is 1.20. The molecule has 1 aromatic carbocycles. The normalized spacial score (nSPS) is 10.4. The van der Waals surface area contributed by atoms with Crippen LogP contribution in [-0.4, -0.2) is 46.1 Å². The number of benzene rings is 1. The van der Waals surface area contributed by atoms with Crippen molar-refractivity contribution in [2.24, 2.45) is 0 Å². The van der Waals surface area contributed by atoms with E-state index >= 15 is 0 Å². The van der Waals surface area contributed by atoms with E-state index < -0.39 is 0 Å². The fourth-order valence-electron chi connectivity index (χ4n) is 1.64. The third kappa shape index (κ3) is 4.45. The number of tetrazole rings is 1. The standard InChI is InChI=1S/C13H16N4O3S/c1-19-11-5-3-10(4-6-11)7-8-21-13-14-15-16-17(13)9-12(18)20-2/h3-6H,7-9H2,1-2H3. The molecule has 0 N–H and O–H groups in total. The second-order valence-electron chi connectivity index (χ2n) is 4.14. The van der Waals surface area contributed by atoms with Gasteiger partial charge in [-0.1, -0.05) is 23.9 Å². The third-order valence-corrected chi connectivity index (χ3v) is 3.75. The van der Waals surface area contributed by atoms with Crippen LogP contribution in [0.1, 0.15) is 5.56 Å². The highest BCUT2D eigenvalue weighted by Crippen LogP contribution is 2.17. The number of rotatable bonds is 7. The molecule has 0 amide bonds. The number of thioether (sulfide) groups is 1. The van der Waals surface area contributed by atoms with Crippen LogP contribution in [0.25, 0.3) is 0 Å². The Labute approximate surface area is 126 Å². The zero-order valence-electron chi connectivity index (χ0n) is 11.9. The molecule has 1 aromatic heterocycles. The Morgan fingerprint density at radius 1 is 1.29 bits per heavy atom. The van der Waals surface area contributed by atoms with Crippen LogP contribution in [-0.2, 0) is 22.5 Å². The van der Waals surface area contributed by atoms with Gasteiger partial charge in [0, 0.05) is 5.75 Å². The summed E-state index contributed by atoms with van der Waals surface area (Å²) in [6.07, 6.45) is 0.875. The van der Waals surface area contributed by atoms with Gasteiger partial charge in [0.2, 0.25) is 5.16 Å². The molecule has 0 aliphatic rings. The van der Waals surface area contributed by atoms with Gasteiger partial charge in [-0.15, -0.1) is 5.10 Å². The molecule has 7 nitrogen and oxygen atoms in total. The first-order valence-electron chi connectivity index (χ1n) is 6.31. The molecule has 0 saturated heterocycles. The van der Waals surface area contributed by atoms with E-state index in [1.807, 2.05) is 24.3 Å². The number of hydrogen-bond acceptors (Lipinski definition) is 7. The van der Waals surface area contributed by atoms with E-state index in [4.69, 9.17) is 4.74 Å².